The van der Waals surface area contributed by atoms with E-state index < -0.39 is 0 Å². The van der Waals surface area contributed by atoms with Gasteiger partial charge in [-0.25, -0.2) is 0 Å². The van der Waals surface area contributed by atoms with Gasteiger partial charge < -0.3 is 4.74 Å². The van der Waals surface area contributed by atoms with Crippen LogP contribution in [0.1, 0.15) is 25.5 Å². The topological polar surface area (TPSA) is 22.1 Å². The summed E-state index contributed by atoms with van der Waals surface area (Å²) in [6, 6.07) is 4.07. The van der Waals surface area contributed by atoms with Crippen molar-refractivity contribution in [2.45, 2.75) is 26.2 Å². The molecule has 2 nitrogen and oxygen atoms in total. The van der Waals surface area contributed by atoms with Crippen molar-refractivity contribution >= 4 is 15.9 Å². The summed E-state index contributed by atoms with van der Waals surface area (Å²) < 4.78 is 6.42. The highest BCUT2D eigenvalue weighted by Crippen LogP contribution is 2.08. The maximum absolute atomic E-state index is 5.39. The van der Waals surface area contributed by atoms with Crippen LogP contribution in [0.25, 0.3) is 0 Å². The van der Waals surface area contributed by atoms with E-state index in [1.54, 1.807) is 0 Å². The van der Waals surface area contributed by atoms with E-state index in [1.165, 1.54) is 0 Å². The normalized spacial score (nSPS) is 10.4. The first-order valence-corrected chi connectivity index (χ1v) is 5.80. The van der Waals surface area contributed by atoms with Gasteiger partial charge >= 0.3 is 0 Å². The maximum Gasteiger partial charge on any atom is 0.0469 e. The van der Waals surface area contributed by atoms with Gasteiger partial charge in [0.1, 0.15) is 0 Å². The fourth-order valence-electron chi connectivity index (χ4n) is 1.16. The Bertz CT molecular complexity index is 248. The minimum Gasteiger partial charge on any atom is -0.381 e. The van der Waals surface area contributed by atoms with E-state index in [4.69, 9.17) is 4.74 Å². The van der Waals surface area contributed by atoms with Crippen molar-refractivity contribution in [2.24, 2.45) is 0 Å². The molecule has 0 aliphatic carbocycles. The molecule has 0 aromatic carbocycles. The predicted molar refractivity (Wildman–Crippen MR) is 61.4 cm³/mol. The summed E-state index contributed by atoms with van der Waals surface area (Å²) >= 11 is 3.36. The fourth-order valence-corrected chi connectivity index (χ4v) is 1.39. The zero-order chi connectivity index (χ0) is 10.2. The summed E-state index contributed by atoms with van der Waals surface area (Å²) in [7, 11) is 0. The van der Waals surface area contributed by atoms with Crippen molar-refractivity contribution in [3.8, 4) is 0 Å². The second kappa shape index (κ2) is 6.96. The molecule has 0 spiro atoms. The van der Waals surface area contributed by atoms with Crippen LogP contribution in [0, 0.1) is 0 Å². The lowest BCUT2D eigenvalue weighted by Crippen LogP contribution is -1.98. The molecule has 0 saturated carbocycles. The van der Waals surface area contributed by atoms with Gasteiger partial charge in [-0.1, -0.05) is 6.92 Å². The Morgan fingerprint density at radius 2 is 2.21 bits per heavy atom. The predicted octanol–water partition coefficient (Wildman–Crippen LogP) is 3.20. The van der Waals surface area contributed by atoms with Crippen LogP contribution in [-0.4, -0.2) is 18.2 Å². The van der Waals surface area contributed by atoms with Crippen LogP contribution in [0.15, 0.2) is 22.8 Å². The molecule has 0 saturated heterocycles. The lowest BCUT2D eigenvalue weighted by molar-refractivity contribution is 0.132. The molecule has 1 aromatic heterocycles. The third-order valence-electron chi connectivity index (χ3n) is 1.86. The molecule has 0 amide bonds. The van der Waals surface area contributed by atoms with Gasteiger partial charge in [-0.15, -0.1) is 0 Å². The average molecular weight is 258 g/mol. The molecule has 1 aromatic rings. The number of hydrogen-bond donors (Lipinski definition) is 0. The zero-order valence-corrected chi connectivity index (χ0v) is 10.1. The smallest absolute Gasteiger partial charge is 0.0469 e. The number of aryl methyl sites for hydroxylation is 1. The van der Waals surface area contributed by atoms with Crippen molar-refractivity contribution in [1.29, 1.82) is 0 Å². The molecule has 0 N–H and O–H groups in total. The van der Waals surface area contributed by atoms with Gasteiger partial charge in [0.25, 0.3) is 0 Å². The summed E-state index contributed by atoms with van der Waals surface area (Å²) in [4.78, 5) is 4.29. The summed E-state index contributed by atoms with van der Waals surface area (Å²) in [5.41, 5.74) is 1.13. The molecule has 3 heteroatoms. The third-order valence-corrected chi connectivity index (χ3v) is 2.33. The molecule has 0 aliphatic rings. The first kappa shape index (κ1) is 11.7. The highest BCUT2D eigenvalue weighted by Gasteiger charge is 1.94. The Morgan fingerprint density at radius 3 is 2.86 bits per heavy atom. The van der Waals surface area contributed by atoms with Crippen LogP contribution in [0.4, 0.5) is 0 Å². The molecule has 14 heavy (non-hydrogen) atoms. The second-order valence-corrected chi connectivity index (χ2v) is 4.10. The summed E-state index contributed by atoms with van der Waals surface area (Å²) in [6.45, 7) is 3.83. The van der Waals surface area contributed by atoms with E-state index in [2.05, 4.69) is 27.8 Å². The Morgan fingerprint density at radius 1 is 1.36 bits per heavy atom. The standard InChI is InChI=1S/C11H16BrNO/c1-2-7-14-8-3-4-11-6-5-10(12)9-13-11/h5-6,9H,2-4,7-8H2,1H3. The first-order chi connectivity index (χ1) is 6.83. The van der Waals surface area contributed by atoms with Gasteiger partial charge in [-0.3, -0.25) is 4.98 Å². The highest BCUT2D eigenvalue weighted by molar-refractivity contribution is 9.10. The molecule has 0 fully saturated rings. The van der Waals surface area contributed by atoms with E-state index in [0.29, 0.717) is 0 Å². The maximum atomic E-state index is 5.39. The van der Waals surface area contributed by atoms with Crippen molar-refractivity contribution in [3.05, 3.63) is 28.5 Å². The molecule has 0 radical (unpaired) electrons. The van der Waals surface area contributed by atoms with E-state index in [1.807, 2.05) is 18.3 Å². The molecule has 0 aliphatic heterocycles. The molecular weight excluding hydrogens is 242 g/mol. The second-order valence-electron chi connectivity index (χ2n) is 3.18. The van der Waals surface area contributed by atoms with Gasteiger partial charge in [-0.05, 0) is 47.3 Å². The van der Waals surface area contributed by atoms with E-state index in [-0.39, 0.29) is 0 Å². The van der Waals surface area contributed by atoms with Crippen LogP contribution in [0.5, 0.6) is 0 Å². The zero-order valence-electron chi connectivity index (χ0n) is 8.50. The van der Waals surface area contributed by atoms with Gasteiger partial charge in [0, 0.05) is 29.6 Å². The van der Waals surface area contributed by atoms with Crippen LogP contribution in [-0.2, 0) is 11.2 Å². The molecule has 0 bridgehead atoms. The molecule has 1 heterocycles. The van der Waals surface area contributed by atoms with Gasteiger partial charge in [0.05, 0.1) is 0 Å². The summed E-state index contributed by atoms with van der Waals surface area (Å²) in [5.74, 6) is 0. The number of halogens is 1. The lowest BCUT2D eigenvalue weighted by Gasteiger charge is -2.02. The van der Waals surface area contributed by atoms with Crippen molar-refractivity contribution in [2.75, 3.05) is 13.2 Å². The first-order valence-electron chi connectivity index (χ1n) is 5.01. The number of aromatic nitrogens is 1. The largest absolute Gasteiger partial charge is 0.381 e. The summed E-state index contributed by atoms with van der Waals surface area (Å²) in [6.07, 6.45) is 4.98. The van der Waals surface area contributed by atoms with Crippen LogP contribution in [0.2, 0.25) is 0 Å². The number of rotatable bonds is 6. The number of ether oxygens (including phenoxy) is 1. The average Bonchev–Trinajstić information content (AvgIpc) is 2.21. The summed E-state index contributed by atoms with van der Waals surface area (Å²) in [5, 5.41) is 0. The van der Waals surface area contributed by atoms with E-state index >= 15 is 0 Å². The van der Waals surface area contributed by atoms with Crippen molar-refractivity contribution in [1.82, 2.24) is 4.98 Å². The van der Waals surface area contributed by atoms with Gasteiger partial charge in [-0.2, -0.15) is 0 Å². The highest BCUT2D eigenvalue weighted by atomic mass is 79.9. The Hall–Kier alpha value is -0.410. The SMILES string of the molecule is CCCOCCCc1ccc(Br)cn1. The van der Waals surface area contributed by atoms with Crippen LogP contribution < -0.4 is 0 Å². The Labute approximate surface area is 93.8 Å². The molecule has 1 rings (SSSR count). The van der Waals surface area contributed by atoms with Crippen molar-refractivity contribution in [3.63, 3.8) is 0 Å². The molecule has 0 atom stereocenters. The molecule has 78 valence electrons. The van der Waals surface area contributed by atoms with E-state index in [0.717, 1.165) is 42.6 Å². The van der Waals surface area contributed by atoms with Gasteiger partial charge in [0.2, 0.25) is 0 Å². The monoisotopic (exact) mass is 257 g/mol. The van der Waals surface area contributed by atoms with Crippen LogP contribution >= 0.6 is 15.9 Å². The lowest BCUT2D eigenvalue weighted by atomic mass is 10.2. The minimum absolute atomic E-state index is 0.839. The Kier molecular flexibility index (Phi) is 5.80. The number of nitrogens with zero attached hydrogens (tertiary/aromatic N) is 1. The number of pyridine rings is 1. The molecule has 0 unspecified atom stereocenters. The van der Waals surface area contributed by atoms with E-state index in [9.17, 15) is 0 Å². The third kappa shape index (κ3) is 4.72. The minimum atomic E-state index is 0.839. The fraction of sp³-hybridized carbons (Fsp3) is 0.545. The quantitative estimate of drug-likeness (QED) is 0.731. The van der Waals surface area contributed by atoms with Crippen molar-refractivity contribution < 1.29 is 4.74 Å². The van der Waals surface area contributed by atoms with Crippen LogP contribution in [0.3, 0.4) is 0 Å². The van der Waals surface area contributed by atoms with Gasteiger partial charge in [0.15, 0.2) is 0 Å². The number of hydrogen-bond acceptors (Lipinski definition) is 2. The molecular formula is C11H16BrNO. The Balaban J connectivity index is 2.15.